The minimum Gasteiger partial charge on any atom is -0.375 e. The molecule has 2 aliphatic rings. The average molecular weight is 555 g/mol. The first kappa shape index (κ1) is 34.9. The average Bonchev–Trinajstić information content (AvgIpc) is 2.67. The Labute approximate surface area is 242 Å². The highest BCUT2D eigenvalue weighted by Gasteiger charge is 2.48. The lowest BCUT2D eigenvalue weighted by molar-refractivity contribution is -0.268. The highest BCUT2D eigenvalue weighted by Crippen LogP contribution is 2.40. The van der Waals surface area contributed by atoms with Crippen molar-refractivity contribution in [1.29, 1.82) is 0 Å². The van der Waals surface area contributed by atoms with Gasteiger partial charge in [0.05, 0.1) is 26.4 Å². The number of hydrogen-bond donors (Lipinski definition) is 2. The second kappa shape index (κ2) is 12.1. The van der Waals surface area contributed by atoms with Crippen LogP contribution in [0.4, 0.5) is 0 Å². The largest absolute Gasteiger partial charge is 0.375 e. The van der Waals surface area contributed by atoms with Crippen molar-refractivity contribution < 1.29 is 14.4 Å². The molecule has 0 spiro atoms. The van der Waals surface area contributed by atoms with Gasteiger partial charge in [-0.3, -0.25) is 0 Å². The summed E-state index contributed by atoms with van der Waals surface area (Å²) < 4.78 is 6.62. The van der Waals surface area contributed by atoms with E-state index in [1.807, 2.05) is 0 Å². The Morgan fingerprint density at radius 2 is 1.10 bits per heavy atom. The lowest BCUT2D eigenvalue weighted by atomic mass is 9.77. The number of nitrogens with one attached hydrogen (secondary N) is 2. The summed E-state index contributed by atoms with van der Waals surface area (Å²) in [6, 6.07) is 1.24. The quantitative estimate of drug-likeness (QED) is 0.293. The van der Waals surface area contributed by atoms with Crippen molar-refractivity contribution in [2.75, 3.05) is 20.8 Å². The Morgan fingerprint density at radius 3 is 1.49 bits per heavy atom. The molecule has 0 aromatic carbocycles. The zero-order chi connectivity index (χ0) is 30.2. The van der Waals surface area contributed by atoms with Gasteiger partial charge in [-0.2, -0.15) is 10.1 Å². The molecule has 0 amide bonds. The zero-order valence-corrected chi connectivity index (χ0v) is 28.7. The first-order valence-corrected chi connectivity index (χ1v) is 15.3. The van der Waals surface area contributed by atoms with Crippen molar-refractivity contribution in [1.82, 2.24) is 20.8 Å². The molecule has 7 heteroatoms. The minimum atomic E-state index is -0.206. The molecule has 2 aliphatic heterocycles. The molecule has 0 aromatic rings. The SMILES string of the molecule is CON1C(C)(C)CC(NC(C)CC(C)(C)OCC(C)C(C)(C)NC2CC(C)(C)N(OC)C(C)(C)C2)CC1(C)C. The van der Waals surface area contributed by atoms with Crippen LogP contribution in [0.1, 0.15) is 129 Å². The van der Waals surface area contributed by atoms with Gasteiger partial charge in [0.15, 0.2) is 0 Å². The van der Waals surface area contributed by atoms with Crippen LogP contribution in [0.25, 0.3) is 0 Å². The number of rotatable bonds is 12. The van der Waals surface area contributed by atoms with Gasteiger partial charge in [-0.15, -0.1) is 0 Å². The van der Waals surface area contributed by atoms with Crippen molar-refractivity contribution in [2.24, 2.45) is 5.92 Å². The topological polar surface area (TPSA) is 58.2 Å². The fourth-order valence-electron chi connectivity index (χ4n) is 8.22. The van der Waals surface area contributed by atoms with Crippen LogP contribution in [-0.2, 0) is 14.4 Å². The van der Waals surface area contributed by atoms with E-state index >= 15 is 0 Å². The van der Waals surface area contributed by atoms with Crippen LogP contribution in [0.5, 0.6) is 0 Å². The van der Waals surface area contributed by atoms with Gasteiger partial charge >= 0.3 is 0 Å². The molecule has 232 valence electrons. The molecule has 0 radical (unpaired) electrons. The van der Waals surface area contributed by atoms with Crippen molar-refractivity contribution in [2.45, 2.75) is 180 Å². The maximum atomic E-state index is 6.62. The van der Waals surface area contributed by atoms with E-state index in [1.54, 1.807) is 14.2 Å². The summed E-state index contributed by atoms with van der Waals surface area (Å²) >= 11 is 0. The Bertz CT molecular complexity index is 756. The highest BCUT2D eigenvalue weighted by atomic mass is 16.7. The Kier molecular flexibility index (Phi) is 10.9. The number of piperidine rings is 2. The summed E-state index contributed by atoms with van der Waals surface area (Å²) in [5.41, 5.74) is -0.335. The highest BCUT2D eigenvalue weighted by molar-refractivity contribution is 5.02. The molecule has 2 fully saturated rings. The van der Waals surface area contributed by atoms with Crippen molar-refractivity contribution in [3.05, 3.63) is 0 Å². The predicted molar refractivity (Wildman–Crippen MR) is 164 cm³/mol. The maximum Gasteiger partial charge on any atom is 0.0641 e. The van der Waals surface area contributed by atoms with Crippen LogP contribution < -0.4 is 10.6 Å². The molecule has 2 saturated heterocycles. The maximum absolute atomic E-state index is 6.62. The lowest BCUT2D eigenvalue weighted by Crippen LogP contribution is -2.65. The summed E-state index contributed by atoms with van der Waals surface area (Å²) in [4.78, 5) is 11.6. The molecule has 0 bridgehead atoms. The van der Waals surface area contributed by atoms with Gasteiger partial charge < -0.3 is 25.0 Å². The molecular formula is C32H66N4O3. The van der Waals surface area contributed by atoms with Crippen LogP contribution in [-0.4, -0.2) is 82.4 Å². The minimum absolute atomic E-state index is 0.0153. The summed E-state index contributed by atoms with van der Waals surface area (Å²) in [6.45, 7) is 32.8. The molecule has 0 aromatic heterocycles. The predicted octanol–water partition coefficient (Wildman–Crippen LogP) is 6.32. The van der Waals surface area contributed by atoms with Gasteiger partial charge in [0, 0.05) is 45.8 Å². The number of hydrogen-bond acceptors (Lipinski definition) is 7. The van der Waals surface area contributed by atoms with E-state index in [1.165, 1.54) is 0 Å². The second-order valence-corrected chi connectivity index (χ2v) is 16.5. The van der Waals surface area contributed by atoms with E-state index < -0.39 is 0 Å². The first-order chi connectivity index (χ1) is 17.5. The summed E-state index contributed by atoms with van der Waals surface area (Å²) in [6.07, 6.45) is 5.18. The molecule has 2 heterocycles. The van der Waals surface area contributed by atoms with Gasteiger partial charge in [-0.1, -0.05) is 6.92 Å². The van der Waals surface area contributed by atoms with E-state index in [0.717, 1.165) is 38.7 Å². The number of hydroxylamine groups is 4. The summed E-state index contributed by atoms with van der Waals surface area (Å²) in [5.74, 6) is 0.367. The third-order valence-corrected chi connectivity index (χ3v) is 9.40. The molecule has 7 nitrogen and oxygen atoms in total. The fraction of sp³-hybridized carbons (Fsp3) is 1.00. The Balaban J connectivity index is 1.92. The normalized spacial score (nSPS) is 26.5. The molecule has 2 rings (SSSR count). The Morgan fingerprint density at radius 1 is 0.718 bits per heavy atom. The second-order valence-electron chi connectivity index (χ2n) is 16.5. The van der Waals surface area contributed by atoms with Crippen molar-refractivity contribution in [3.8, 4) is 0 Å². The van der Waals surface area contributed by atoms with Gasteiger partial charge in [-0.25, -0.2) is 0 Å². The van der Waals surface area contributed by atoms with Crippen LogP contribution in [0.15, 0.2) is 0 Å². The third kappa shape index (κ3) is 8.86. The summed E-state index contributed by atoms with van der Waals surface area (Å²) in [5, 5.41) is 12.3. The van der Waals surface area contributed by atoms with Crippen molar-refractivity contribution >= 4 is 0 Å². The van der Waals surface area contributed by atoms with Gasteiger partial charge in [0.1, 0.15) is 0 Å². The zero-order valence-electron chi connectivity index (χ0n) is 28.7. The Hall–Kier alpha value is -0.280. The number of ether oxygens (including phenoxy) is 1. The molecule has 2 unspecified atom stereocenters. The van der Waals surface area contributed by atoms with E-state index in [0.29, 0.717) is 24.0 Å². The van der Waals surface area contributed by atoms with E-state index in [9.17, 15) is 0 Å². The number of nitrogens with zero attached hydrogens (tertiary/aromatic N) is 2. The van der Waals surface area contributed by atoms with E-state index in [2.05, 4.69) is 118 Å². The molecule has 0 aliphatic carbocycles. The standard InChI is InChI=1S/C32H66N4O3/c1-23(32(13,14)34-26-20-29(7,8)36(38-16)30(9,10)21-26)22-39-31(11,12)17-24(2)33-25-18-27(3,4)35(37-15)28(5,6)19-25/h23-26,33-34H,17-22H2,1-16H3. The van der Waals surface area contributed by atoms with Gasteiger partial charge in [-0.05, 0) is 128 Å². The monoisotopic (exact) mass is 555 g/mol. The van der Waals surface area contributed by atoms with Crippen molar-refractivity contribution in [3.63, 3.8) is 0 Å². The molecule has 2 N–H and O–H groups in total. The van der Waals surface area contributed by atoms with Gasteiger partial charge in [0.25, 0.3) is 0 Å². The van der Waals surface area contributed by atoms with Crippen LogP contribution in [0.2, 0.25) is 0 Å². The molecule has 2 atom stereocenters. The molecule has 0 saturated carbocycles. The lowest BCUT2D eigenvalue weighted by Gasteiger charge is -2.54. The smallest absolute Gasteiger partial charge is 0.0641 e. The van der Waals surface area contributed by atoms with E-state index in [4.69, 9.17) is 14.4 Å². The van der Waals surface area contributed by atoms with Gasteiger partial charge in [0.2, 0.25) is 0 Å². The van der Waals surface area contributed by atoms with Crippen LogP contribution >= 0.6 is 0 Å². The fourth-order valence-corrected chi connectivity index (χ4v) is 8.22. The molecule has 39 heavy (non-hydrogen) atoms. The first-order valence-electron chi connectivity index (χ1n) is 15.3. The summed E-state index contributed by atoms with van der Waals surface area (Å²) in [7, 11) is 3.59. The third-order valence-electron chi connectivity index (χ3n) is 9.40. The van der Waals surface area contributed by atoms with E-state index in [-0.39, 0.29) is 33.3 Å². The van der Waals surface area contributed by atoms with Crippen LogP contribution in [0, 0.1) is 5.92 Å². The molecular weight excluding hydrogens is 488 g/mol. The van der Waals surface area contributed by atoms with Crippen LogP contribution in [0.3, 0.4) is 0 Å².